The van der Waals surface area contributed by atoms with E-state index in [0.717, 1.165) is 75.3 Å². The summed E-state index contributed by atoms with van der Waals surface area (Å²) in [6, 6.07) is 35.7. The smallest absolute Gasteiger partial charge is 0.316 e. The first-order chi connectivity index (χ1) is 26.7. The van der Waals surface area contributed by atoms with Gasteiger partial charge >= 0.3 is 11.9 Å². The number of ether oxygens (including phenoxy) is 1. The van der Waals surface area contributed by atoms with Crippen LogP contribution in [0.2, 0.25) is 10.0 Å². The number of rotatable bonds is 10. The quantitative estimate of drug-likeness (QED) is 0.140. The minimum atomic E-state index is -1.15. The molecule has 0 saturated heterocycles. The van der Waals surface area contributed by atoms with Crippen molar-refractivity contribution in [3.8, 4) is 44.5 Å². The standard InChI is InChI=1S/C48H46Cl2N2O4/c1-29(40(46(54)55)45-44(33-18-22-35(50)23-19-33)43(31-14-10-7-11-15-31)38-26-48(4,5)28-52(38)45)56-39(53)24-36-41(32-16-20-34(49)21-17-32)42(30-12-8-6-9-13-30)37-25-47(2,3)27-51(36)37/h6-23,29,40H,24-28H2,1-5H3,(H,54,55). The summed E-state index contributed by atoms with van der Waals surface area (Å²) in [4.78, 5) is 28.0. The van der Waals surface area contributed by atoms with E-state index in [-0.39, 0.29) is 17.3 Å². The average Bonchev–Trinajstić information content (AvgIpc) is 3.83. The summed E-state index contributed by atoms with van der Waals surface area (Å²) in [6.45, 7) is 12.0. The van der Waals surface area contributed by atoms with Crippen LogP contribution in [0, 0.1) is 10.8 Å². The summed E-state index contributed by atoms with van der Waals surface area (Å²) in [5.41, 5.74) is 11.4. The normalized spacial score (nSPS) is 16.3. The summed E-state index contributed by atoms with van der Waals surface area (Å²) in [6.07, 6.45) is 0.598. The zero-order chi connectivity index (χ0) is 39.5. The summed E-state index contributed by atoms with van der Waals surface area (Å²) in [5, 5.41) is 12.4. The third-order valence-corrected chi connectivity index (χ3v) is 11.9. The van der Waals surface area contributed by atoms with Crippen molar-refractivity contribution in [1.82, 2.24) is 9.13 Å². The van der Waals surface area contributed by atoms with Crippen molar-refractivity contribution < 1.29 is 19.4 Å². The Bertz CT molecular complexity index is 2440. The predicted molar refractivity (Wildman–Crippen MR) is 225 cm³/mol. The highest BCUT2D eigenvalue weighted by molar-refractivity contribution is 6.31. The molecule has 0 amide bonds. The van der Waals surface area contributed by atoms with Crippen LogP contribution in [0.3, 0.4) is 0 Å². The maximum atomic E-state index is 14.4. The highest BCUT2D eigenvalue weighted by Crippen LogP contribution is 2.51. The van der Waals surface area contributed by atoms with E-state index in [0.29, 0.717) is 22.3 Å². The largest absolute Gasteiger partial charge is 0.481 e. The highest BCUT2D eigenvalue weighted by atomic mass is 35.5. The number of carboxylic acids is 1. The molecule has 2 atom stereocenters. The van der Waals surface area contributed by atoms with Crippen molar-refractivity contribution >= 4 is 35.1 Å². The Hall–Kier alpha value is -5.04. The summed E-state index contributed by atoms with van der Waals surface area (Å²) in [5.74, 6) is -2.68. The summed E-state index contributed by atoms with van der Waals surface area (Å²) < 4.78 is 10.8. The van der Waals surface area contributed by atoms with Gasteiger partial charge in [0.1, 0.15) is 12.0 Å². The Morgan fingerprint density at radius 3 is 1.57 bits per heavy atom. The number of carbonyl (C=O) groups is 2. The molecule has 0 spiro atoms. The van der Waals surface area contributed by atoms with Crippen LogP contribution in [0.25, 0.3) is 44.5 Å². The van der Waals surface area contributed by atoms with Gasteiger partial charge in [0.05, 0.1) is 6.42 Å². The molecule has 2 aliphatic heterocycles. The maximum absolute atomic E-state index is 14.4. The van der Waals surface area contributed by atoms with Crippen molar-refractivity contribution in [3.63, 3.8) is 0 Å². The number of hydrogen-bond acceptors (Lipinski definition) is 3. The third-order valence-electron chi connectivity index (χ3n) is 11.4. The Morgan fingerprint density at radius 1 is 0.643 bits per heavy atom. The van der Waals surface area contributed by atoms with E-state index in [1.807, 2.05) is 84.9 Å². The number of halogens is 2. The van der Waals surface area contributed by atoms with Crippen LogP contribution in [0.1, 0.15) is 63.3 Å². The van der Waals surface area contributed by atoms with Crippen LogP contribution in [-0.4, -0.2) is 32.3 Å². The topological polar surface area (TPSA) is 73.5 Å². The molecule has 8 rings (SSSR count). The maximum Gasteiger partial charge on any atom is 0.316 e. The summed E-state index contributed by atoms with van der Waals surface area (Å²) >= 11 is 12.7. The molecule has 0 fully saturated rings. The zero-order valence-electron chi connectivity index (χ0n) is 32.4. The fraction of sp³-hybridized carbons (Fsp3) is 0.292. The Labute approximate surface area is 338 Å². The summed E-state index contributed by atoms with van der Waals surface area (Å²) in [7, 11) is 0. The van der Waals surface area contributed by atoms with Gasteiger partial charge in [-0.15, -0.1) is 0 Å². The number of esters is 1. The van der Waals surface area contributed by atoms with Gasteiger partial charge in [-0.2, -0.15) is 0 Å². The number of hydrogen-bond donors (Lipinski definition) is 1. The molecule has 286 valence electrons. The first-order valence-corrected chi connectivity index (χ1v) is 20.0. The average molecular weight is 786 g/mol. The van der Waals surface area contributed by atoms with Crippen LogP contribution in [0.4, 0.5) is 0 Å². The van der Waals surface area contributed by atoms with Gasteiger partial charge in [0.25, 0.3) is 0 Å². The van der Waals surface area contributed by atoms with E-state index < -0.39 is 24.0 Å². The number of fused-ring (bicyclic) bond motifs is 2. The second-order valence-electron chi connectivity index (χ2n) is 17.0. The molecule has 4 aromatic carbocycles. The van der Waals surface area contributed by atoms with Crippen molar-refractivity contribution in [2.75, 3.05) is 0 Å². The van der Waals surface area contributed by atoms with Gasteiger partial charge in [-0.1, -0.05) is 136 Å². The lowest BCUT2D eigenvalue weighted by molar-refractivity contribution is -0.153. The van der Waals surface area contributed by atoms with Crippen LogP contribution in [0.5, 0.6) is 0 Å². The second kappa shape index (κ2) is 14.5. The molecule has 0 aliphatic carbocycles. The number of benzene rings is 4. The predicted octanol–water partition coefficient (Wildman–Crippen LogP) is 11.8. The molecular formula is C48H46Cl2N2O4. The molecule has 0 radical (unpaired) electrons. The Morgan fingerprint density at radius 2 is 1.07 bits per heavy atom. The monoisotopic (exact) mass is 784 g/mol. The SMILES string of the molecule is CC(OC(=O)Cc1c(-c2ccc(Cl)cc2)c(-c2ccccc2)c2n1CC(C)(C)C2)C(C(=O)O)c1c(-c2ccc(Cl)cc2)c(-c2ccccc2)c2n1CC(C)(C)C2. The molecule has 0 bridgehead atoms. The fourth-order valence-corrected chi connectivity index (χ4v) is 9.44. The fourth-order valence-electron chi connectivity index (χ4n) is 9.19. The zero-order valence-corrected chi connectivity index (χ0v) is 33.9. The van der Waals surface area contributed by atoms with Crippen LogP contribution in [-0.2, 0) is 46.7 Å². The van der Waals surface area contributed by atoms with E-state index in [4.69, 9.17) is 27.9 Å². The van der Waals surface area contributed by atoms with Gasteiger partial charge in [0.15, 0.2) is 0 Å². The Balaban J connectivity index is 1.23. The van der Waals surface area contributed by atoms with Gasteiger partial charge in [-0.3, -0.25) is 9.59 Å². The third kappa shape index (κ3) is 6.99. The van der Waals surface area contributed by atoms with E-state index in [1.54, 1.807) is 6.92 Å². The van der Waals surface area contributed by atoms with Crippen LogP contribution in [0.15, 0.2) is 109 Å². The van der Waals surface area contributed by atoms with Crippen molar-refractivity contribution in [1.29, 1.82) is 0 Å². The number of carboxylic acid groups (broad SMARTS) is 1. The van der Waals surface area contributed by atoms with Gasteiger partial charge in [-0.05, 0) is 77.1 Å². The van der Waals surface area contributed by atoms with Crippen LogP contribution >= 0.6 is 23.2 Å². The molecule has 8 heteroatoms. The molecule has 6 nitrogen and oxygen atoms in total. The number of aromatic nitrogens is 2. The van der Waals surface area contributed by atoms with Gasteiger partial charge in [0, 0.05) is 68.2 Å². The second-order valence-corrected chi connectivity index (χ2v) is 17.9. The molecule has 2 unspecified atom stereocenters. The molecule has 2 aromatic heterocycles. The van der Waals surface area contributed by atoms with E-state index >= 15 is 0 Å². The molecule has 56 heavy (non-hydrogen) atoms. The molecule has 4 heterocycles. The van der Waals surface area contributed by atoms with Gasteiger partial charge < -0.3 is 19.0 Å². The van der Waals surface area contributed by atoms with Crippen molar-refractivity contribution in [2.24, 2.45) is 10.8 Å². The first kappa shape index (κ1) is 37.9. The molecule has 6 aromatic rings. The van der Waals surface area contributed by atoms with Gasteiger partial charge in [-0.25, -0.2) is 0 Å². The van der Waals surface area contributed by atoms with Crippen molar-refractivity contribution in [2.45, 2.75) is 79.0 Å². The minimum Gasteiger partial charge on any atom is -0.481 e. The highest BCUT2D eigenvalue weighted by Gasteiger charge is 2.43. The number of carbonyl (C=O) groups excluding carboxylic acids is 1. The lowest BCUT2D eigenvalue weighted by Gasteiger charge is -2.26. The van der Waals surface area contributed by atoms with E-state index in [2.05, 4.69) is 61.1 Å². The first-order valence-electron chi connectivity index (χ1n) is 19.3. The molecule has 2 aliphatic rings. The molecular weight excluding hydrogens is 739 g/mol. The number of aliphatic carboxylic acids is 1. The van der Waals surface area contributed by atoms with E-state index in [1.165, 1.54) is 5.69 Å². The minimum absolute atomic E-state index is 0.0184. The molecule has 0 saturated carbocycles. The lowest BCUT2D eigenvalue weighted by atomic mass is 9.84. The Kier molecular flexibility index (Phi) is 9.79. The molecule has 1 N–H and O–H groups in total. The lowest BCUT2D eigenvalue weighted by Crippen LogP contribution is -2.31. The van der Waals surface area contributed by atoms with Gasteiger partial charge in [0.2, 0.25) is 0 Å². The van der Waals surface area contributed by atoms with Crippen molar-refractivity contribution in [3.05, 3.63) is 142 Å². The van der Waals surface area contributed by atoms with E-state index in [9.17, 15) is 14.7 Å². The number of nitrogens with zero attached hydrogens (tertiary/aromatic N) is 2. The van der Waals surface area contributed by atoms with Crippen LogP contribution < -0.4 is 0 Å².